The van der Waals surface area contributed by atoms with E-state index >= 15 is 0 Å². The first-order valence-electron chi connectivity index (χ1n) is 12.2. The van der Waals surface area contributed by atoms with Gasteiger partial charge in [0.25, 0.3) is 0 Å². The minimum atomic E-state index is 0.422. The summed E-state index contributed by atoms with van der Waals surface area (Å²) in [6.07, 6.45) is 21.4. The molecule has 0 N–H and O–H groups in total. The quantitative estimate of drug-likeness (QED) is 0.604. The molecule has 1 saturated heterocycles. The monoisotopic (exact) mass is 375 g/mol. The Kier molecular flexibility index (Phi) is 5.94. The summed E-state index contributed by atoms with van der Waals surface area (Å²) in [5, 5.41) is 0. The summed E-state index contributed by atoms with van der Waals surface area (Å²) in [7, 11) is 0. The van der Waals surface area contributed by atoms with E-state index in [2.05, 4.69) is 35.5 Å². The lowest BCUT2D eigenvalue weighted by molar-refractivity contribution is -0.162. The molecule has 0 bridgehead atoms. The van der Waals surface area contributed by atoms with E-state index < -0.39 is 0 Å². The van der Waals surface area contributed by atoms with Gasteiger partial charge in [0.05, 0.1) is 20.0 Å². The molecular weight excluding hydrogens is 330 g/mol. The van der Waals surface area contributed by atoms with E-state index in [9.17, 15) is 0 Å². The zero-order chi connectivity index (χ0) is 19.0. The summed E-state index contributed by atoms with van der Waals surface area (Å²) >= 11 is 0. The van der Waals surface area contributed by atoms with Gasteiger partial charge in [-0.2, -0.15) is 0 Å². The molecule has 0 aromatic heterocycles. The molecular formula is C24H45N3. The average molecular weight is 376 g/mol. The van der Waals surface area contributed by atoms with Gasteiger partial charge >= 0.3 is 0 Å². The van der Waals surface area contributed by atoms with Crippen molar-refractivity contribution in [2.45, 2.75) is 134 Å². The topological polar surface area (TPSA) is 9.72 Å². The van der Waals surface area contributed by atoms with Gasteiger partial charge in [-0.05, 0) is 59.3 Å². The van der Waals surface area contributed by atoms with Crippen molar-refractivity contribution >= 4 is 0 Å². The van der Waals surface area contributed by atoms with E-state index in [1.165, 1.54) is 116 Å². The standard InChI is InChI=1S/C24H45N3/c1-22(13-7-4-8-14-22)25-19-26(23(2)15-9-5-10-16-23)21-27(20-25)24(3)17-11-6-12-18-24/h4-21H2,1-3H3. The Morgan fingerprint density at radius 2 is 0.593 bits per heavy atom. The van der Waals surface area contributed by atoms with E-state index in [-0.39, 0.29) is 0 Å². The van der Waals surface area contributed by atoms with Crippen LogP contribution in [0.3, 0.4) is 0 Å². The number of rotatable bonds is 3. The molecule has 4 fully saturated rings. The molecule has 4 rings (SSSR count). The molecule has 0 aromatic carbocycles. The third-order valence-electron chi connectivity index (χ3n) is 9.11. The van der Waals surface area contributed by atoms with Crippen molar-refractivity contribution in [3.8, 4) is 0 Å². The van der Waals surface area contributed by atoms with Crippen molar-refractivity contribution in [2.24, 2.45) is 0 Å². The molecule has 27 heavy (non-hydrogen) atoms. The predicted octanol–water partition coefficient (Wildman–Crippen LogP) is 5.95. The number of hydrogen-bond acceptors (Lipinski definition) is 3. The highest BCUT2D eigenvalue weighted by atomic mass is 15.5. The summed E-state index contributed by atoms with van der Waals surface area (Å²) in [5.74, 6) is 0. The highest BCUT2D eigenvalue weighted by Crippen LogP contribution is 2.42. The van der Waals surface area contributed by atoms with Gasteiger partial charge in [0.15, 0.2) is 0 Å². The number of nitrogens with zero attached hydrogens (tertiary/aromatic N) is 3. The third kappa shape index (κ3) is 4.12. The zero-order valence-electron chi connectivity index (χ0n) is 18.6. The lowest BCUT2D eigenvalue weighted by atomic mass is 9.79. The average Bonchev–Trinajstić information content (AvgIpc) is 2.69. The largest absolute Gasteiger partial charge is 0.272 e. The Bertz CT molecular complexity index is 407. The van der Waals surface area contributed by atoms with Crippen LogP contribution >= 0.6 is 0 Å². The molecule has 0 spiro atoms. The summed E-state index contributed by atoms with van der Waals surface area (Å²) < 4.78 is 0. The zero-order valence-corrected chi connectivity index (χ0v) is 18.6. The molecule has 0 atom stereocenters. The Balaban J connectivity index is 1.58. The first-order valence-corrected chi connectivity index (χ1v) is 12.2. The molecule has 0 unspecified atom stereocenters. The van der Waals surface area contributed by atoms with Crippen LogP contribution in [0.4, 0.5) is 0 Å². The molecule has 0 radical (unpaired) electrons. The van der Waals surface area contributed by atoms with E-state index in [1.54, 1.807) is 0 Å². The first kappa shape index (κ1) is 20.2. The van der Waals surface area contributed by atoms with Crippen molar-refractivity contribution in [1.82, 2.24) is 14.7 Å². The normalized spacial score (nSPS) is 33.0. The maximum Gasteiger partial charge on any atom is 0.0540 e. The van der Waals surface area contributed by atoms with Crippen LogP contribution in [-0.2, 0) is 0 Å². The van der Waals surface area contributed by atoms with Crippen LogP contribution in [0.2, 0.25) is 0 Å². The number of hydrogen-bond donors (Lipinski definition) is 0. The molecule has 3 heteroatoms. The van der Waals surface area contributed by atoms with Crippen LogP contribution in [0.15, 0.2) is 0 Å². The Morgan fingerprint density at radius 1 is 0.370 bits per heavy atom. The fourth-order valence-corrected chi connectivity index (χ4v) is 6.67. The Labute approximate surface area is 168 Å². The van der Waals surface area contributed by atoms with Crippen LogP contribution in [0, 0.1) is 0 Å². The van der Waals surface area contributed by atoms with Gasteiger partial charge in [0.1, 0.15) is 0 Å². The molecule has 3 aliphatic carbocycles. The van der Waals surface area contributed by atoms with Gasteiger partial charge in [-0.3, -0.25) is 14.7 Å². The van der Waals surface area contributed by atoms with Crippen LogP contribution in [0.5, 0.6) is 0 Å². The van der Waals surface area contributed by atoms with Crippen molar-refractivity contribution in [3.05, 3.63) is 0 Å². The van der Waals surface area contributed by atoms with Crippen molar-refractivity contribution in [3.63, 3.8) is 0 Å². The third-order valence-corrected chi connectivity index (χ3v) is 9.11. The second-order valence-electron chi connectivity index (χ2n) is 11.2. The molecule has 1 heterocycles. The highest BCUT2D eigenvalue weighted by molar-refractivity contribution is 4.99. The van der Waals surface area contributed by atoms with Gasteiger partial charge in [-0.25, -0.2) is 0 Å². The van der Waals surface area contributed by atoms with Crippen LogP contribution in [-0.4, -0.2) is 51.3 Å². The minimum absolute atomic E-state index is 0.422. The molecule has 0 amide bonds. The summed E-state index contributed by atoms with van der Waals surface area (Å²) in [5.41, 5.74) is 1.27. The van der Waals surface area contributed by atoms with Gasteiger partial charge in [0.2, 0.25) is 0 Å². The van der Waals surface area contributed by atoms with E-state index in [0.717, 1.165) is 0 Å². The Morgan fingerprint density at radius 3 is 0.815 bits per heavy atom. The van der Waals surface area contributed by atoms with E-state index in [4.69, 9.17) is 0 Å². The Hall–Kier alpha value is -0.120. The van der Waals surface area contributed by atoms with E-state index in [1.807, 2.05) is 0 Å². The van der Waals surface area contributed by atoms with Gasteiger partial charge in [0, 0.05) is 16.6 Å². The lowest BCUT2D eigenvalue weighted by Gasteiger charge is -2.60. The maximum atomic E-state index is 2.91. The molecule has 156 valence electrons. The molecule has 3 nitrogen and oxygen atoms in total. The second kappa shape index (κ2) is 7.95. The first-order chi connectivity index (χ1) is 12.9. The van der Waals surface area contributed by atoms with Crippen LogP contribution < -0.4 is 0 Å². The summed E-state index contributed by atoms with van der Waals surface area (Å²) in [6, 6.07) is 0. The lowest BCUT2D eigenvalue weighted by Crippen LogP contribution is -2.69. The predicted molar refractivity (Wildman–Crippen MR) is 115 cm³/mol. The van der Waals surface area contributed by atoms with E-state index in [0.29, 0.717) is 16.6 Å². The van der Waals surface area contributed by atoms with Crippen LogP contribution in [0.1, 0.15) is 117 Å². The fourth-order valence-electron chi connectivity index (χ4n) is 6.67. The molecule has 3 saturated carbocycles. The SMILES string of the molecule is CC1(N2CN(C3(C)CCCCC3)CN(C3(C)CCCCC3)C2)CCCCC1. The molecule has 4 aliphatic rings. The molecule has 0 aromatic rings. The fraction of sp³-hybridized carbons (Fsp3) is 1.00. The minimum Gasteiger partial charge on any atom is -0.272 e. The second-order valence-corrected chi connectivity index (χ2v) is 11.2. The van der Waals surface area contributed by atoms with Gasteiger partial charge < -0.3 is 0 Å². The van der Waals surface area contributed by atoms with Gasteiger partial charge in [-0.15, -0.1) is 0 Å². The van der Waals surface area contributed by atoms with Crippen molar-refractivity contribution < 1.29 is 0 Å². The van der Waals surface area contributed by atoms with Crippen molar-refractivity contribution in [1.29, 1.82) is 0 Å². The summed E-state index contributed by atoms with van der Waals surface area (Å²) in [6.45, 7) is 11.4. The smallest absolute Gasteiger partial charge is 0.0540 e. The van der Waals surface area contributed by atoms with Crippen molar-refractivity contribution in [2.75, 3.05) is 20.0 Å². The highest BCUT2D eigenvalue weighted by Gasteiger charge is 2.46. The van der Waals surface area contributed by atoms with Gasteiger partial charge in [-0.1, -0.05) is 57.8 Å². The molecule has 1 aliphatic heterocycles. The maximum absolute atomic E-state index is 2.91. The van der Waals surface area contributed by atoms with Crippen LogP contribution in [0.25, 0.3) is 0 Å². The summed E-state index contributed by atoms with van der Waals surface area (Å²) in [4.78, 5) is 8.74.